The fourth-order valence-corrected chi connectivity index (χ4v) is 3.05. The average Bonchev–Trinajstić information content (AvgIpc) is 2.47. The molecule has 4 nitrogen and oxygen atoms in total. The minimum Gasteiger partial charge on any atom is -0.457 e. The summed E-state index contributed by atoms with van der Waals surface area (Å²) in [4.78, 5) is 0.917. The summed E-state index contributed by atoms with van der Waals surface area (Å²) in [5.41, 5.74) is 6.41. The number of nitrogens with two attached hydrogens (primary N) is 1. The Balaban J connectivity index is 2.45. The average molecular weight is 367 g/mol. The number of hydrogen-bond acceptors (Lipinski definition) is 4. The molecule has 0 aliphatic carbocycles. The van der Waals surface area contributed by atoms with Gasteiger partial charge in [-0.25, -0.2) is 0 Å². The van der Waals surface area contributed by atoms with E-state index >= 15 is 0 Å². The molecule has 0 heterocycles. The van der Waals surface area contributed by atoms with E-state index in [2.05, 4.69) is 21.1 Å². The lowest BCUT2D eigenvalue weighted by Crippen LogP contribution is -2.15. The number of benzene rings is 2. The fraction of sp³-hybridized carbons (Fsp3) is 0.133. The van der Waals surface area contributed by atoms with Crippen LogP contribution in [-0.4, -0.2) is 16.8 Å². The second-order valence-electron chi connectivity index (χ2n) is 4.11. The zero-order valence-corrected chi connectivity index (χ0v) is 13.8. The van der Waals surface area contributed by atoms with Crippen LogP contribution in [0, 0.1) is 0 Å². The highest BCUT2D eigenvalue weighted by Gasteiger charge is 2.15. The molecule has 0 bridgehead atoms. The minimum atomic E-state index is 0.0385. The van der Waals surface area contributed by atoms with Gasteiger partial charge in [0.05, 0.1) is 5.56 Å². The minimum absolute atomic E-state index is 0.0385. The Morgan fingerprint density at radius 1 is 1.33 bits per heavy atom. The second kappa shape index (κ2) is 7.38. The number of halogens is 1. The molecule has 21 heavy (non-hydrogen) atoms. The Morgan fingerprint density at radius 3 is 2.76 bits per heavy atom. The van der Waals surface area contributed by atoms with Crippen LogP contribution < -0.4 is 10.5 Å². The normalized spacial score (nSPS) is 11.4. The SMILES string of the molecule is CCSc1cccc(Oc2cccc(Br)c2)c1/C(N)=N/O. The molecule has 0 saturated carbocycles. The standard InChI is InChI=1S/C15H15BrN2O2S/c1-2-21-13-8-4-7-12(14(13)15(17)18-19)20-11-6-3-5-10(16)9-11/h3-9,19H,2H2,1H3,(H2,17,18). The van der Waals surface area contributed by atoms with Gasteiger partial charge in [0.25, 0.3) is 0 Å². The summed E-state index contributed by atoms with van der Waals surface area (Å²) >= 11 is 5.02. The summed E-state index contributed by atoms with van der Waals surface area (Å²) in [5.74, 6) is 2.15. The Labute approximate surface area is 136 Å². The number of oxime groups is 1. The van der Waals surface area contributed by atoms with E-state index in [9.17, 15) is 0 Å². The molecule has 0 amide bonds. The van der Waals surface area contributed by atoms with Gasteiger partial charge < -0.3 is 15.7 Å². The first kappa shape index (κ1) is 15.7. The van der Waals surface area contributed by atoms with E-state index in [-0.39, 0.29) is 5.84 Å². The summed E-state index contributed by atoms with van der Waals surface area (Å²) in [6.45, 7) is 2.04. The number of amidine groups is 1. The predicted octanol–water partition coefficient (Wildman–Crippen LogP) is 4.45. The number of ether oxygens (including phenoxy) is 1. The van der Waals surface area contributed by atoms with Gasteiger partial charge >= 0.3 is 0 Å². The lowest BCUT2D eigenvalue weighted by atomic mass is 10.2. The molecular weight excluding hydrogens is 352 g/mol. The van der Waals surface area contributed by atoms with E-state index in [1.165, 1.54) is 0 Å². The summed E-state index contributed by atoms with van der Waals surface area (Å²) in [5, 5.41) is 12.1. The molecule has 0 fully saturated rings. The van der Waals surface area contributed by atoms with E-state index in [1.807, 2.05) is 43.3 Å². The first-order valence-electron chi connectivity index (χ1n) is 6.32. The maximum absolute atomic E-state index is 9.01. The smallest absolute Gasteiger partial charge is 0.175 e. The van der Waals surface area contributed by atoms with Crippen molar-refractivity contribution in [2.45, 2.75) is 11.8 Å². The number of nitrogens with zero attached hydrogens (tertiary/aromatic N) is 1. The van der Waals surface area contributed by atoms with Crippen molar-refractivity contribution in [1.82, 2.24) is 0 Å². The molecule has 0 aliphatic rings. The van der Waals surface area contributed by atoms with Crippen molar-refractivity contribution in [3.63, 3.8) is 0 Å². The van der Waals surface area contributed by atoms with Crippen LogP contribution in [0.2, 0.25) is 0 Å². The van der Waals surface area contributed by atoms with Crippen LogP contribution in [0.25, 0.3) is 0 Å². The Morgan fingerprint density at radius 2 is 2.10 bits per heavy atom. The molecule has 0 unspecified atom stereocenters. The van der Waals surface area contributed by atoms with Crippen LogP contribution in [-0.2, 0) is 0 Å². The summed E-state index contributed by atoms with van der Waals surface area (Å²) in [6.07, 6.45) is 0. The molecule has 3 N–H and O–H groups in total. The fourth-order valence-electron chi connectivity index (χ4n) is 1.83. The van der Waals surface area contributed by atoms with Crippen LogP contribution >= 0.6 is 27.7 Å². The lowest BCUT2D eigenvalue weighted by molar-refractivity contribution is 0.318. The largest absolute Gasteiger partial charge is 0.457 e. The van der Waals surface area contributed by atoms with Crippen molar-refractivity contribution in [1.29, 1.82) is 0 Å². The molecule has 2 aromatic carbocycles. The quantitative estimate of drug-likeness (QED) is 0.269. The molecule has 110 valence electrons. The van der Waals surface area contributed by atoms with E-state index < -0.39 is 0 Å². The monoisotopic (exact) mass is 366 g/mol. The third-order valence-corrected chi connectivity index (χ3v) is 4.11. The Hall–Kier alpha value is -1.66. The van der Waals surface area contributed by atoms with Crippen LogP contribution in [0.15, 0.2) is 57.0 Å². The van der Waals surface area contributed by atoms with Gasteiger partial charge in [-0.05, 0) is 36.1 Å². The number of thioether (sulfide) groups is 1. The Bertz CT molecular complexity index is 662. The molecule has 2 rings (SSSR count). The van der Waals surface area contributed by atoms with Gasteiger partial charge in [0.15, 0.2) is 5.84 Å². The van der Waals surface area contributed by atoms with Crippen molar-refractivity contribution >= 4 is 33.5 Å². The zero-order chi connectivity index (χ0) is 15.2. The van der Waals surface area contributed by atoms with Gasteiger partial charge in [-0.3, -0.25) is 0 Å². The van der Waals surface area contributed by atoms with Crippen LogP contribution in [0.1, 0.15) is 12.5 Å². The van der Waals surface area contributed by atoms with Crippen molar-refractivity contribution in [2.75, 3.05) is 5.75 Å². The summed E-state index contributed by atoms with van der Waals surface area (Å²) in [6, 6.07) is 13.1. The van der Waals surface area contributed by atoms with Gasteiger partial charge in [-0.1, -0.05) is 40.1 Å². The third kappa shape index (κ3) is 3.92. The molecule has 0 radical (unpaired) electrons. The van der Waals surface area contributed by atoms with E-state index in [4.69, 9.17) is 15.7 Å². The number of hydrogen-bond donors (Lipinski definition) is 2. The van der Waals surface area contributed by atoms with Crippen molar-refractivity contribution in [3.05, 3.63) is 52.5 Å². The molecule has 0 aromatic heterocycles. The molecule has 0 aliphatic heterocycles. The molecule has 0 atom stereocenters. The molecular formula is C15H15BrN2O2S. The molecule has 2 aromatic rings. The number of rotatable bonds is 5. The van der Waals surface area contributed by atoms with Crippen molar-refractivity contribution < 1.29 is 9.94 Å². The maximum atomic E-state index is 9.01. The van der Waals surface area contributed by atoms with Crippen molar-refractivity contribution in [3.8, 4) is 11.5 Å². The van der Waals surface area contributed by atoms with Crippen LogP contribution in [0.4, 0.5) is 0 Å². The van der Waals surface area contributed by atoms with Crippen LogP contribution in [0.5, 0.6) is 11.5 Å². The highest BCUT2D eigenvalue weighted by atomic mass is 79.9. The van der Waals surface area contributed by atoms with Gasteiger partial charge in [0.1, 0.15) is 11.5 Å². The second-order valence-corrected chi connectivity index (χ2v) is 6.33. The van der Waals surface area contributed by atoms with E-state index in [0.29, 0.717) is 17.1 Å². The first-order chi connectivity index (χ1) is 10.2. The van der Waals surface area contributed by atoms with Crippen molar-refractivity contribution in [2.24, 2.45) is 10.9 Å². The highest BCUT2D eigenvalue weighted by molar-refractivity contribution is 9.10. The highest BCUT2D eigenvalue weighted by Crippen LogP contribution is 2.33. The predicted molar refractivity (Wildman–Crippen MR) is 89.6 cm³/mol. The molecule has 6 heteroatoms. The molecule has 0 saturated heterocycles. The first-order valence-corrected chi connectivity index (χ1v) is 8.10. The van der Waals surface area contributed by atoms with Crippen LogP contribution in [0.3, 0.4) is 0 Å². The lowest BCUT2D eigenvalue weighted by Gasteiger charge is -2.14. The third-order valence-electron chi connectivity index (χ3n) is 2.68. The summed E-state index contributed by atoms with van der Waals surface area (Å²) < 4.78 is 6.81. The maximum Gasteiger partial charge on any atom is 0.175 e. The Kier molecular flexibility index (Phi) is 5.52. The zero-order valence-electron chi connectivity index (χ0n) is 11.4. The van der Waals surface area contributed by atoms with E-state index in [1.54, 1.807) is 17.8 Å². The molecule has 0 spiro atoms. The van der Waals surface area contributed by atoms with Gasteiger partial charge in [-0.2, -0.15) is 0 Å². The summed E-state index contributed by atoms with van der Waals surface area (Å²) in [7, 11) is 0. The van der Waals surface area contributed by atoms with Gasteiger partial charge in [-0.15, -0.1) is 11.8 Å². The van der Waals surface area contributed by atoms with E-state index in [0.717, 1.165) is 15.1 Å². The van der Waals surface area contributed by atoms with Gasteiger partial charge in [0, 0.05) is 9.37 Å². The topological polar surface area (TPSA) is 67.8 Å². The van der Waals surface area contributed by atoms with Gasteiger partial charge in [0.2, 0.25) is 0 Å².